The lowest BCUT2D eigenvalue weighted by Crippen LogP contribution is -2.30. The molecule has 1 heterocycles. The molecule has 0 spiro atoms. The van der Waals surface area contributed by atoms with E-state index in [1.54, 1.807) is 12.1 Å². The Morgan fingerprint density at radius 2 is 1.67 bits per heavy atom. The number of carbonyl (C=O) groups is 1. The van der Waals surface area contributed by atoms with Gasteiger partial charge in [-0.2, -0.15) is 13.2 Å². The topological polar surface area (TPSA) is 32.3 Å². The van der Waals surface area contributed by atoms with Gasteiger partial charge < -0.3 is 10.2 Å². The summed E-state index contributed by atoms with van der Waals surface area (Å²) >= 11 is 0. The summed E-state index contributed by atoms with van der Waals surface area (Å²) in [6.07, 6.45) is -1.36. The van der Waals surface area contributed by atoms with Gasteiger partial charge in [-0.3, -0.25) is 4.79 Å². The Hall–Kier alpha value is -2.50. The second-order valence-electron chi connectivity index (χ2n) is 7.03. The lowest BCUT2D eigenvalue weighted by molar-refractivity contribution is -0.137. The first kappa shape index (κ1) is 19.3. The fourth-order valence-electron chi connectivity index (χ4n) is 3.30. The summed E-state index contributed by atoms with van der Waals surface area (Å²) in [5, 5.41) is 2.70. The number of piperidine rings is 1. The monoisotopic (exact) mass is 376 g/mol. The van der Waals surface area contributed by atoms with Gasteiger partial charge in [0.05, 0.1) is 16.9 Å². The number of alkyl halides is 3. The number of amides is 1. The minimum atomic E-state index is -4.46. The van der Waals surface area contributed by atoms with Crippen LogP contribution in [-0.4, -0.2) is 19.0 Å². The molecule has 1 aliphatic heterocycles. The van der Waals surface area contributed by atoms with Crippen LogP contribution in [-0.2, 0) is 6.18 Å². The van der Waals surface area contributed by atoms with Gasteiger partial charge >= 0.3 is 6.18 Å². The van der Waals surface area contributed by atoms with Gasteiger partial charge in [-0.1, -0.05) is 6.07 Å². The standard InChI is InChI=1S/C21H23F3N2O/c1-14-6-7-16(12-15(14)2)20(27)25-18-13-17(21(22,23)24)8-9-19(18)26-10-4-3-5-11-26/h6-9,12-13H,3-5,10-11H2,1-2H3,(H,25,27). The predicted molar refractivity (Wildman–Crippen MR) is 101 cm³/mol. The summed E-state index contributed by atoms with van der Waals surface area (Å²) in [5.74, 6) is -0.407. The van der Waals surface area contributed by atoms with Crippen molar-refractivity contribution in [3.63, 3.8) is 0 Å². The second-order valence-corrected chi connectivity index (χ2v) is 7.03. The van der Waals surface area contributed by atoms with Crippen LogP contribution >= 0.6 is 0 Å². The van der Waals surface area contributed by atoms with E-state index in [0.717, 1.165) is 55.6 Å². The molecule has 6 heteroatoms. The summed E-state index contributed by atoms with van der Waals surface area (Å²) in [5.41, 5.74) is 2.52. The highest BCUT2D eigenvalue weighted by Crippen LogP contribution is 2.36. The first-order valence-electron chi connectivity index (χ1n) is 9.10. The third-order valence-electron chi connectivity index (χ3n) is 5.04. The van der Waals surface area contributed by atoms with Crippen molar-refractivity contribution in [2.75, 3.05) is 23.3 Å². The molecule has 2 aromatic rings. The number of aryl methyl sites for hydroxylation is 2. The maximum atomic E-state index is 13.2. The van der Waals surface area contributed by atoms with Crippen molar-refractivity contribution in [3.8, 4) is 0 Å². The first-order valence-corrected chi connectivity index (χ1v) is 9.10. The van der Waals surface area contributed by atoms with E-state index in [0.29, 0.717) is 11.3 Å². The molecular weight excluding hydrogens is 353 g/mol. The number of halogens is 3. The number of nitrogens with zero attached hydrogens (tertiary/aromatic N) is 1. The van der Waals surface area contributed by atoms with E-state index in [1.807, 2.05) is 24.8 Å². The highest BCUT2D eigenvalue weighted by Gasteiger charge is 2.32. The highest BCUT2D eigenvalue weighted by molar-refractivity contribution is 6.06. The van der Waals surface area contributed by atoms with Crippen LogP contribution in [0.1, 0.15) is 46.3 Å². The van der Waals surface area contributed by atoms with Gasteiger partial charge in [0.2, 0.25) is 0 Å². The third-order valence-corrected chi connectivity index (χ3v) is 5.04. The van der Waals surface area contributed by atoms with Gasteiger partial charge in [0.15, 0.2) is 0 Å². The average Bonchev–Trinajstić information content (AvgIpc) is 2.64. The van der Waals surface area contributed by atoms with E-state index in [9.17, 15) is 18.0 Å². The number of benzene rings is 2. The molecule has 0 radical (unpaired) electrons. The first-order chi connectivity index (χ1) is 12.8. The minimum Gasteiger partial charge on any atom is -0.370 e. The fraction of sp³-hybridized carbons (Fsp3) is 0.381. The molecule has 1 amide bonds. The molecule has 0 bridgehead atoms. The smallest absolute Gasteiger partial charge is 0.370 e. The van der Waals surface area contributed by atoms with E-state index in [1.165, 1.54) is 6.07 Å². The summed E-state index contributed by atoms with van der Waals surface area (Å²) < 4.78 is 39.5. The summed E-state index contributed by atoms with van der Waals surface area (Å²) in [7, 11) is 0. The zero-order valence-corrected chi connectivity index (χ0v) is 15.5. The molecule has 0 saturated carbocycles. The van der Waals surface area contributed by atoms with Crippen molar-refractivity contribution in [1.82, 2.24) is 0 Å². The average molecular weight is 376 g/mol. The van der Waals surface area contributed by atoms with Crippen molar-refractivity contribution in [3.05, 3.63) is 58.7 Å². The van der Waals surface area contributed by atoms with Gasteiger partial charge in [0, 0.05) is 18.7 Å². The van der Waals surface area contributed by atoms with Crippen LogP contribution in [0.25, 0.3) is 0 Å². The molecule has 1 N–H and O–H groups in total. The SMILES string of the molecule is Cc1ccc(C(=O)Nc2cc(C(F)(F)F)ccc2N2CCCCC2)cc1C. The molecule has 3 nitrogen and oxygen atoms in total. The Bertz CT molecular complexity index is 840. The Morgan fingerprint density at radius 3 is 2.30 bits per heavy atom. The summed E-state index contributed by atoms with van der Waals surface area (Å²) in [6, 6.07) is 8.84. The van der Waals surface area contributed by atoms with Crippen molar-refractivity contribution in [2.45, 2.75) is 39.3 Å². The molecule has 0 unspecified atom stereocenters. The van der Waals surface area contributed by atoms with Crippen LogP contribution in [0.15, 0.2) is 36.4 Å². The molecule has 0 aromatic heterocycles. The summed E-state index contributed by atoms with van der Waals surface area (Å²) in [4.78, 5) is 14.7. The quantitative estimate of drug-likeness (QED) is 0.760. The largest absolute Gasteiger partial charge is 0.416 e. The molecule has 0 atom stereocenters. The highest BCUT2D eigenvalue weighted by atomic mass is 19.4. The van der Waals surface area contributed by atoms with Crippen molar-refractivity contribution in [2.24, 2.45) is 0 Å². The Kier molecular flexibility index (Phi) is 5.44. The number of rotatable bonds is 3. The van der Waals surface area contributed by atoms with Gasteiger partial charge in [-0.25, -0.2) is 0 Å². The predicted octanol–water partition coefficient (Wildman–Crippen LogP) is 5.56. The van der Waals surface area contributed by atoms with Crippen LogP contribution in [0.2, 0.25) is 0 Å². The Balaban J connectivity index is 1.94. The molecule has 27 heavy (non-hydrogen) atoms. The lowest BCUT2D eigenvalue weighted by Gasteiger charge is -2.31. The van der Waals surface area contributed by atoms with E-state index in [4.69, 9.17) is 0 Å². The summed E-state index contributed by atoms with van der Waals surface area (Å²) in [6.45, 7) is 5.39. The molecular formula is C21H23F3N2O. The molecule has 144 valence electrons. The molecule has 0 aliphatic carbocycles. The number of hydrogen-bond donors (Lipinski definition) is 1. The number of carbonyl (C=O) groups excluding carboxylic acids is 1. The maximum absolute atomic E-state index is 13.2. The van der Waals surface area contributed by atoms with Crippen LogP contribution in [0.5, 0.6) is 0 Å². The van der Waals surface area contributed by atoms with Crippen molar-refractivity contribution in [1.29, 1.82) is 0 Å². The van der Waals surface area contributed by atoms with Gasteiger partial charge in [0.1, 0.15) is 0 Å². The number of hydrogen-bond acceptors (Lipinski definition) is 2. The molecule has 1 fully saturated rings. The lowest BCUT2D eigenvalue weighted by atomic mass is 10.0. The fourth-order valence-corrected chi connectivity index (χ4v) is 3.30. The van der Waals surface area contributed by atoms with Crippen LogP contribution in [0, 0.1) is 13.8 Å². The Morgan fingerprint density at radius 1 is 0.963 bits per heavy atom. The van der Waals surface area contributed by atoms with E-state index in [-0.39, 0.29) is 5.69 Å². The van der Waals surface area contributed by atoms with Crippen LogP contribution in [0.4, 0.5) is 24.5 Å². The third kappa shape index (κ3) is 4.43. The Labute approximate surface area is 157 Å². The van der Waals surface area contributed by atoms with Crippen LogP contribution < -0.4 is 10.2 Å². The second kappa shape index (κ2) is 7.62. The van der Waals surface area contributed by atoms with Gasteiger partial charge in [-0.15, -0.1) is 0 Å². The molecule has 1 saturated heterocycles. The molecule has 1 aliphatic rings. The zero-order valence-electron chi connectivity index (χ0n) is 15.5. The number of anilines is 2. The molecule has 3 rings (SSSR count). The van der Waals surface area contributed by atoms with Gasteiger partial charge in [-0.05, 0) is 74.6 Å². The zero-order chi connectivity index (χ0) is 19.6. The maximum Gasteiger partial charge on any atom is 0.416 e. The number of nitrogens with one attached hydrogen (secondary N) is 1. The molecule has 2 aromatic carbocycles. The van der Waals surface area contributed by atoms with Gasteiger partial charge in [0.25, 0.3) is 5.91 Å². The van der Waals surface area contributed by atoms with Crippen molar-refractivity contribution < 1.29 is 18.0 Å². The van der Waals surface area contributed by atoms with Crippen molar-refractivity contribution >= 4 is 17.3 Å². The van der Waals surface area contributed by atoms with Crippen LogP contribution in [0.3, 0.4) is 0 Å². The normalized spacial score (nSPS) is 14.9. The minimum absolute atomic E-state index is 0.204. The van der Waals surface area contributed by atoms with E-state index >= 15 is 0 Å². The van der Waals surface area contributed by atoms with E-state index in [2.05, 4.69) is 5.32 Å². The van der Waals surface area contributed by atoms with E-state index < -0.39 is 17.6 Å².